The van der Waals surface area contributed by atoms with Crippen molar-refractivity contribution >= 4 is 11.4 Å². The predicted octanol–water partition coefficient (Wildman–Crippen LogP) is 2.01. The lowest BCUT2D eigenvalue weighted by atomic mass is 10.3. The first-order valence-corrected chi connectivity index (χ1v) is 5.20. The zero-order chi connectivity index (χ0) is 13.3. The van der Waals surface area contributed by atoms with E-state index in [4.69, 9.17) is 10.5 Å². The molecule has 0 bridgehead atoms. The smallest absolute Gasteiger partial charge is 0.353 e. The van der Waals surface area contributed by atoms with Crippen LogP contribution >= 0.6 is 0 Å². The first-order chi connectivity index (χ1) is 8.49. The second kappa shape index (κ2) is 4.36. The van der Waals surface area contributed by atoms with Gasteiger partial charge in [0.25, 0.3) is 5.88 Å². The number of nitrogens with two attached hydrogens (primary N) is 1. The third-order valence-corrected chi connectivity index (χ3v) is 2.42. The van der Waals surface area contributed by atoms with Crippen LogP contribution in [0, 0.1) is 17.0 Å². The number of ether oxygens (including phenoxy) is 1. The zero-order valence-electron chi connectivity index (χ0n) is 9.95. The topological polar surface area (TPSA) is 96.2 Å². The molecule has 0 aliphatic rings. The van der Waals surface area contributed by atoms with Crippen LogP contribution < -0.4 is 10.5 Å². The molecule has 0 saturated carbocycles. The van der Waals surface area contributed by atoms with Gasteiger partial charge in [-0.3, -0.25) is 10.1 Å². The average Bonchev–Trinajstić information content (AvgIpc) is 2.57. The Morgan fingerprint density at radius 1 is 1.39 bits per heavy atom. The first-order valence-electron chi connectivity index (χ1n) is 5.20. The molecule has 0 saturated heterocycles. The van der Waals surface area contributed by atoms with E-state index in [1.165, 1.54) is 4.68 Å². The van der Waals surface area contributed by atoms with Gasteiger partial charge in [0.1, 0.15) is 11.4 Å². The Morgan fingerprint density at radius 3 is 2.56 bits per heavy atom. The molecule has 0 fully saturated rings. The van der Waals surface area contributed by atoms with E-state index in [1.54, 1.807) is 38.2 Å². The number of nitrogen functional groups attached to an aromatic ring is 1. The molecule has 1 heterocycles. The number of hydrogen-bond acceptors (Lipinski definition) is 5. The SMILES string of the molecule is Cc1nn(C)c(Oc2ccc(N)cc2)c1[N+](=O)[O-]. The number of nitro groups is 1. The summed E-state index contributed by atoms with van der Waals surface area (Å²) in [4.78, 5) is 10.4. The van der Waals surface area contributed by atoms with Crippen molar-refractivity contribution in [3.05, 3.63) is 40.1 Å². The van der Waals surface area contributed by atoms with Crippen LogP contribution in [0.2, 0.25) is 0 Å². The molecule has 2 aromatic rings. The van der Waals surface area contributed by atoms with Crippen LogP contribution in [0.15, 0.2) is 24.3 Å². The molecule has 0 aliphatic carbocycles. The summed E-state index contributed by atoms with van der Waals surface area (Å²) >= 11 is 0. The van der Waals surface area contributed by atoms with Crippen molar-refractivity contribution in [3.8, 4) is 11.6 Å². The summed E-state index contributed by atoms with van der Waals surface area (Å²) < 4.78 is 6.82. The van der Waals surface area contributed by atoms with E-state index in [0.717, 1.165) is 0 Å². The Hall–Kier alpha value is -2.57. The summed E-state index contributed by atoms with van der Waals surface area (Å²) in [6.45, 7) is 1.56. The largest absolute Gasteiger partial charge is 0.434 e. The minimum Gasteiger partial charge on any atom is -0.434 e. The third kappa shape index (κ3) is 2.10. The van der Waals surface area contributed by atoms with Gasteiger partial charge in [0.05, 0.1) is 4.92 Å². The fraction of sp³-hybridized carbons (Fsp3) is 0.182. The van der Waals surface area contributed by atoms with E-state index in [2.05, 4.69) is 5.10 Å². The summed E-state index contributed by atoms with van der Waals surface area (Å²) in [5.41, 5.74) is 6.33. The van der Waals surface area contributed by atoms with E-state index in [0.29, 0.717) is 17.1 Å². The molecule has 0 radical (unpaired) electrons. The van der Waals surface area contributed by atoms with Gasteiger partial charge in [-0.2, -0.15) is 5.10 Å². The Kier molecular flexibility index (Phi) is 2.88. The van der Waals surface area contributed by atoms with Crippen molar-refractivity contribution < 1.29 is 9.66 Å². The molecule has 2 N–H and O–H groups in total. The lowest BCUT2D eigenvalue weighted by Gasteiger charge is -2.05. The van der Waals surface area contributed by atoms with Crippen LogP contribution in [0.4, 0.5) is 11.4 Å². The molecule has 1 aromatic heterocycles. The molecule has 94 valence electrons. The molecule has 0 amide bonds. The fourth-order valence-electron chi connectivity index (χ4n) is 1.60. The molecule has 0 atom stereocenters. The van der Waals surface area contributed by atoms with Crippen molar-refractivity contribution in [1.82, 2.24) is 9.78 Å². The molecule has 1 aromatic carbocycles. The third-order valence-electron chi connectivity index (χ3n) is 2.42. The van der Waals surface area contributed by atoms with Gasteiger partial charge in [0.2, 0.25) is 0 Å². The van der Waals surface area contributed by atoms with Crippen LogP contribution in [-0.2, 0) is 7.05 Å². The Labute approximate surface area is 103 Å². The Balaban J connectivity index is 2.39. The maximum Gasteiger partial charge on any atom is 0.353 e. The normalized spacial score (nSPS) is 10.3. The van der Waals surface area contributed by atoms with Crippen molar-refractivity contribution in [3.63, 3.8) is 0 Å². The van der Waals surface area contributed by atoms with E-state index in [9.17, 15) is 10.1 Å². The van der Waals surface area contributed by atoms with Gasteiger partial charge in [0.15, 0.2) is 0 Å². The summed E-state index contributed by atoms with van der Waals surface area (Å²) in [6.07, 6.45) is 0. The first kappa shape index (κ1) is 11.9. The fourth-order valence-corrected chi connectivity index (χ4v) is 1.60. The zero-order valence-corrected chi connectivity index (χ0v) is 9.95. The predicted molar refractivity (Wildman–Crippen MR) is 65.5 cm³/mol. The minimum absolute atomic E-state index is 0.0993. The molecule has 0 aliphatic heterocycles. The van der Waals surface area contributed by atoms with Gasteiger partial charge in [-0.15, -0.1) is 0 Å². The van der Waals surface area contributed by atoms with E-state index in [1.807, 2.05) is 0 Å². The van der Waals surface area contributed by atoms with Crippen LogP contribution in [0.25, 0.3) is 0 Å². The number of nitrogens with zero attached hydrogens (tertiary/aromatic N) is 3. The molecule has 2 rings (SSSR count). The number of anilines is 1. The lowest BCUT2D eigenvalue weighted by molar-refractivity contribution is -0.386. The van der Waals surface area contributed by atoms with Gasteiger partial charge >= 0.3 is 5.69 Å². The molecule has 18 heavy (non-hydrogen) atoms. The Morgan fingerprint density at radius 2 is 2.00 bits per heavy atom. The molecule has 7 nitrogen and oxygen atoms in total. The average molecular weight is 248 g/mol. The number of benzene rings is 1. The van der Waals surface area contributed by atoms with E-state index in [-0.39, 0.29) is 11.6 Å². The maximum absolute atomic E-state index is 11.0. The molecular formula is C11H12N4O3. The van der Waals surface area contributed by atoms with Crippen LogP contribution in [0.3, 0.4) is 0 Å². The van der Waals surface area contributed by atoms with Crippen molar-refractivity contribution in [2.24, 2.45) is 7.05 Å². The molecular weight excluding hydrogens is 236 g/mol. The standard InChI is InChI=1S/C11H12N4O3/c1-7-10(15(16)17)11(14(2)13-7)18-9-5-3-8(12)4-6-9/h3-6H,12H2,1-2H3. The number of aryl methyl sites for hydroxylation is 2. The van der Waals surface area contributed by atoms with Gasteiger partial charge in [0, 0.05) is 12.7 Å². The number of rotatable bonds is 3. The number of hydrogen-bond donors (Lipinski definition) is 1. The summed E-state index contributed by atoms with van der Waals surface area (Å²) in [6, 6.07) is 6.59. The summed E-state index contributed by atoms with van der Waals surface area (Å²) in [5, 5.41) is 14.9. The van der Waals surface area contributed by atoms with Gasteiger partial charge in [-0.25, -0.2) is 4.68 Å². The summed E-state index contributed by atoms with van der Waals surface area (Å²) in [5.74, 6) is 0.567. The van der Waals surface area contributed by atoms with Crippen molar-refractivity contribution in [2.75, 3.05) is 5.73 Å². The molecule has 0 spiro atoms. The van der Waals surface area contributed by atoms with E-state index < -0.39 is 4.92 Å². The van der Waals surface area contributed by atoms with Crippen LogP contribution in [-0.4, -0.2) is 14.7 Å². The van der Waals surface area contributed by atoms with Crippen molar-refractivity contribution in [1.29, 1.82) is 0 Å². The van der Waals surface area contributed by atoms with Gasteiger partial charge in [-0.05, 0) is 31.2 Å². The van der Waals surface area contributed by atoms with Crippen LogP contribution in [0.5, 0.6) is 11.6 Å². The maximum atomic E-state index is 11.0. The molecule has 0 unspecified atom stereocenters. The van der Waals surface area contributed by atoms with Gasteiger partial charge in [-0.1, -0.05) is 0 Å². The molecule has 7 heteroatoms. The monoisotopic (exact) mass is 248 g/mol. The Bertz CT molecular complexity index is 589. The second-order valence-electron chi connectivity index (χ2n) is 3.79. The summed E-state index contributed by atoms with van der Waals surface area (Å²) in [7, 11) is 1.59. The van der Waals surface area contributed by atoms with Gasteiger partial charge < -0.3 is 10.5 Å². The second-order valence-corrected chi connectivity index (χ2v) is 3.79. The van der Waals surface area contributed by atoms with E-state index >= 15 is 0 Å². The highest BCUT2D eigenvalue weighted by molar-refractivity contribution is 5.49. The highest BCUT2D eigenvalue weighted by atomic mass is 16.6. The van der Waals surface area contributed by atoms with Crippen molar-refractivity contribution in [2.45, 2.75) is 6.92 Å². The highest BCUT2D eigenvalue weighted by Gasteiger charge is 2.26. The highest BCUT2D eigenvalue weighted by Crippen LogP contribution is 2.33. The number of aromatic nitrogens is 2. The quantitative estimate of drug-likeness (QED) is 0.509. The lowest BCUT2D eigenvalue weighted by Crippen LogP contribution is -1.97. The van der Waals surface area contributed by atoms with Crippen LogP contribution in [0.1, 0.15) is 5.69 Å². The minimum atomic E-state index is -0.505.